The van der Waals surface area contributed by atoms with Gasteiger partial charge in [-0.2, -0.15) is 0 Å². The number of likely N-dealkylation sites (tertiary alicyclic amines) is 1. The summed E-state index contributed by atoms with van der Waals surface area (Å²) in [6, 6.07) is -3.08. The molecule has 0 aromatic rings. The highest BCUT2D eigenvalue weighted by Gasteiger charge is 2.43. The summed E-state index contributed by atoms with van der Waals surface area (Å²) in [5, 5.41) is 8.23. The van der Waals surface area contributed by atoms with Crippen LogP contribution >= 0.6 is 0 Å². The van der Waals surface area contributed by atoms with E-state index in [2.05, 4.69) is 16.0 Å². The van der Waals surface area contributed by atoms with E-state index in [1.54, 1.807) is 0 Å². The zero-order chi connectivity index (χ0) is 25.1. The molecule has 0 aromatic heterocycles. The largest absolute Gasteiger partial charge is 0.363 e. The Kier molecular flexibility index (Phi) is 8.13. The van der Waals surface area contributed by atoms with Gasteiger partial charge in [0.2, 0.25) is 17.6 Å². The molecule has 1 saturated carbocycles. The molecular formula is C23H39N5O5. The van der Waals surface area contributed by atoms with Gasteiger partial charge in [0.05, 0.1) is 6.04 Å². The van der Waals surface area contributed by atoms with Gasteiger partial charge in [0, 0.05) is 12.1 Å². The molecule has 10 nitrogen and oxygen atoms in total. The number of primary amides is 1. The van der Waals surface area contributed by atoms with E-state index in [1.807, 2.05) is 41.5 Å². The zero-order valence-electron chi connectivity index (χ0n) is 20.6. The zero-order valence-corrected chi connectivity index (χ0v) is 20.6. The number of hydrogen-bond acceptors (Lipinski definition) is 5. The molecule has 33 heavy (non-hydrogen) atoms. The number of hydrogen-bond donors (Lipinski definition) is 4. The van der Waals surface area contributed by atoms with E-state index < -0.39 is 52.7 Å². The normalized spacial score (nSPS) is 20.5. The number of carbonyl (C=O) groups is 5. The van der Waals surface area contributed by atoms with E-state index in [0.29, 0.717) is 25.8 Å². The summed E-state index contributed by atoms with van der Waals surface area (Å²) in [6.45, 7) is 11.4. The van der Waals surface area contributed by atoms with Gasteiger partial charge in [0.25, 0.3) is 5.91 Å². The maximum Gasteiger partial charge on any atom is 0.315 e. The minimum atomic E-state index is -1.08. The number of urea groups is 1. The molecule has 5 amide bonds. The Morgan fingerprint density at radius 1 is 0.970 bits per heavy atom. The lowest BCUT2D eigenvalue weighted by Gasteiger charge is -2.36. The molecule has 0 spiro atoms. The maximum absolute atomic E-state index is 13.5. The van der Waals surface area contributed by atoms with Crippen LogP contribution in [0.5, 0.6) is 0 Å². The standard InChI is InChI=1S/C23H39N5O5/c1-22(2,3)17(26-21(33)27-23(4,5)6)20(32)28-11-7-8-15(28)19(31)25-14(12-13-9-10-13)16(29)18(24)30/h13-15,17H,7-12H2,1-6H3,(H2,24,30)(H,25,31)(H2,26,27,33). The van der Waals surface area contributed by atoms with Crippen molar-refractivity contribution in [1.82, 2.24) is 20.9 Å². The molecular weight excluding hydrogens is 426 g/mol. The summed E-state index contributed by atoms with van der Waals surface area (Å²) in [5.74, 6) is -2.45. The second-order valence-corrected chi connectivity index (χ2v) is 11.3. The van der Waals surface area contributed by atoms with Crippen molar-refractivity contribution in [2.75, 3.05) is 6.54 Å². The van der Waals surface area contributed by atoms with E-state index >= 15 is 0 Å². The van der Waals surface area contributed by atoms with E-state index in [-0.39, 0.29) is 11.8 Å². The van der Waals surface area contributed by atoms with Crippen molar-refractivity contribution < 1.29 is 24.0 Å². The van der Waals surface area contributed by atoms with Crippen LogP contribution in [0.2, 0.25) is 0 Å². The van der Waals surface area contributed by atoms with Crippen LogP contribution in [0.4, 0.5) is 4.79 Å². The van der Waals surface area contributed by atoms with Crippen molar-refractivity contribution in [3.05, 3.63) is 0 Å². The number of rotatable bonds is 8. The van der Waals surface area contributed by atoms with Gasteiger partial charge in [-0.05, 0) is 51.4 Å². The van der Waals surface area contributed by atoms with Crippen LogP contribution in [0.15, 0.2) is 0 Å². The van der Waals surface area contributed by atoms with Crippen LogP contribution in [0.3, 0.4) is 0 Å². The van der Waals surface area contributed by atoms with Crippen LogP contribution in [0.25, 0.3) is 0 Å². The van der Waals surface area contributed by atoms with Crippen molar-refractivity contribution in [3.8, 4) is 0 Å². The molecule has 2 rings (SSSR count). The summed E-state index contributed by atoms with van der Waals surface area (Å²) >= 11 is 0. The quantitative estimate of drug-likeness (QED) is 0.392. The van der Waals surface area contributed by atoms with Crippen molar-refractivity contribution in [1.29, 1.82) is 0 Å². The fourth-order valence-electron chi connectivity index (χ4n) is 3.98. The molecule has 0 bridgehead atoms. The Morgan fingerprint density at radius 3 is 2.06 bits per heavy atom. The summed E-state index contributed by atoms with van der Waals surface area (Å²) in [7, 11) is 0. The summed E-state index contributed by atoms with van der Waals surface area (Å²) in [6.07, 6.45) is 3.31. The number of nitrogens with two attached hydrogens (primary N) is 1. The second-order valence-electron chi connectivity index (χ2n) is 11.3. The number of carbonyl (C=O) groups excluding carboxylic acids is 5. The second kappa shape index (κ2) is 10.1. The van der Waals surface area contributed by atoms with E-state index in [9.17, 15) is 24.0 Å². The third kappa shape index (κ3) is 7.71. The minimum absolute atomic E-state index is 0.288. The Labute approximate surface area is 195 Å². The van der Waals surface area contributed by atoms with Crippen molar-refractivity contribution >= 4 is 29.5 Å². The van der Waals surface area contributed by atoms with Crippen molar-refractivity contribution in [2.45, 2.75) is 97.3 Å². The molecule has 3 unspecified atom stereocenters. The van der Waals surface area contributed by atoms with E-state index in [4.69, 9.17) is 5.73 Å². The smallest absolute Gasteiger partial charge is 0.315 e. The molecule has 186 valence electrons. The van der Waals surface area contributed by atoms with Gasteiger partial charge in [-0.15, -0.1) is 0 Å². The first-order chi connectivity index (χ1) is 15.1. The van der Waals surface area contributed by atoms with Crippen LogP contribution in [-0.4, -0.2) is 64.6 Å². The van der Waals surface area contributed by atoms with Crippen LogP contribution in [0.1, 0.15) is 73.6 Å². The van der Waals surface area contributed by atoms with Crippen LogP contribution in [-0.2, 0) is 19.2 Å². The van der Waals surface area contributed by atoms with Gasteiger partial charge < -0.3 is 26.6 Å². The van der Waals surface area contributed by atoms with Crippen molar-refractivity contribution in [2.24, 2.45) is 17.1 Å². The fraction of sp³-hybridized carbons (Fsp3) is 0.783. The average Bonchev–Trinajstić information content (AvgIpc) is 3.33. The highest BCUT2D eigenvalue weighted by atomic mass is 16.2. The van der Waals surface area contributed by atoms with Gasteiger partial charge in [-0.25, -0.2) is 4.79 Å². The first-order valence-corrected chi connectivity index (χ1v) is 11.6. The molecule has 0 aromatic carbocycles. The van der Waals surface area contributed by atoms with E-state index in [1.165, 1.54) is 4.90 Å². The first kappa shape index (κ1) is 26.6. The monoisotopic (exact) mass is 465 g/mol. The Bertz CT molecular complexity index is 794. The topological polar surface area (TPSA) is 151 Å². The Balaban J connectivity index is 2.15. The van der Waals surface area contributed by atoms with Crippen LogP contribution < -0.4 is 21.7 Å². The average molecular weight is 466 g/mol. The number of Topliss-reactive ketones (excluding diaryl/α,β-unsaturated/α-hetero) is 1. The maximum atomic E-state index is 13.5. The Morgan fingerprint density at radius 2 is 1.58 bits per heavy atom. The van der Waals surface area contributed by atoms with Gasteiger partial charge in [0.1, 0.15) is 12.1 Å². The summed E-state index contributed by atoms with van der Waals surface area (Å²) in [5.41, 5.74) is 4.08. The molecule has 1 aliphatic heterocycles. The molecule has 1 saturated heterocycles. The molecule has 0 radical (unpaired) electrons. The first-order valence-electron chi connectivity index (χ1n) is 11.6. The third-order valence-electron chi connectivity index (χ3n) is 5.86. The molecule has 3 atom stereocenters. The lowest BCUT2D eigenvalue weighted by molar-refractivity contribution is -0.143. The molecule has 2 fully saturated rings. The predicted octanol–water partition coefficient (Wildman–Crippen LogP) is 0.829. The van der Waals surface area contributed by atoms with Gasteiger partial charge in [-0.3, -0.25) is 19.2 Å². The molecule has 1 heterocycles. The van der Waals surface area contributed by atoms with Crippen molar-refractivity contribution in [3.63, 3.8) is 0 Å². The number of nitrogens with one attached hydrogen (secondary N) is 3. The lowest BCUT2D eigenvalue weighted by Crippen LogP contribution is -2.61. The van der Waals surface area contributed by atoms with Crippen LogP contribution in [0, 0.1) is 11.3 Å². The van der Waals surface area contributed by atoms with E-state index in [0.717, 1.165) is 12.8 Å². The van der Waals surface area contributed by atoms with Gasteiger partial charge in [-0.1, -0.05) is 33.6 Å². The molecule has 1 aliphatic carbocycles. The summed E-state index contributed by atoms with van der Waals surface area (Å²) in [4.78, 5) is 64.2. The molecule has 5 N–H and O–H groups in total. The predicted molar refractivity (Wildman–Crippen MR) is 123 cm³/mol. The fourth-order valence-corrected chi connectivity index (χ4v) is 3.98. The Hall–Kier alpha value is -2.65. The number of amides is 5. The number of nitrogens with zero attached hydrogens (tertiary/aromatic N) is 1. The molecule has 10 heteroatoms. The van der Waals surface area contributed by atoms with Gasteiger partial charge >= 0.3 is 6.03 Å². The summed E-state index contributed by atoms with van der Waals surface area (Å²) < 4.78 is 0. The van der Waals surface area contributed by atoms with Gasteiger partial charge in [0.15, 0.2) is 0 Å². The lowest BCUT2D eigenvalue weighted by atomic mass is 9.85. The highest BCUT2D eigenvalue weighted by Crippen LogP contribution is 2.34. The third-order valence-corrected chi connectivity index (χ3v) is 5.86. The highest BCUT2D eigenvalue weighted by molar-refractivity contribution is 6.37. The minimum Gasteiger partial charge on any atom is -0.363 e. The molecule has 2 aliphatic rings. The number of ketones is 1. The SMILES string of the molecule is CC(C)(C)NC(=O)NC(C(=O)N1CCCC1C(=O)NC(CC1CC1)C(=O)C(N)=O)C(C)(C)C.